The first-order chi connectivity index (χ1) is 12.3. The highest BCUT2D eigenvalue weighted by Crippen LogP contribution is 2.22. The van der Waals surface area contributed by atoms with Crippen LogP contribution in [0.5, 0.6) is 0 Å². The maximum atomic E-state index is 12.4. The van der Waals surface area contributed by atoms with Crippen LogP contribution in [0.2, 0.25) is 0 Å². The number of benzene rings is 2. The molecule has 1 amide bonds. The van der Waals surface area contributed by atoms with E-state index in [2.05, 4.69) is 15.4 Å². The van der Waals surface area contributed by atoms with E-state index in [-0.39, 0.29) is 5.91 Å². The van der Waals surface area contributed by atoms with E-state index in [1.807, 2.05) is 60.8 Å². The third kappa shape index (κ3) is 3.26. The lowest BCUT2D eigenvalue weighted by Crippen LogP contribution is -2.14. The van der Waals surface area contributed by atoms with Crippen molar-refractivity contribution in [2.24, 2.45) is 0 Å². The van der Waals surface area contributed by atoms with E-state index < -0.39 is 0 Å². The second-order valence-electron chi connectivity index (χ2n) is 5.74. The summed E-state index contributed by atoms with van der Waals surface area (Å²) in [6, 6.07) is 17.4. The molecule has 2 heterocycles. The fourth-order valence-corrected chi connectivity index (χ4v) is 2.80. The van der Waals surface area contributed by atoms with Crippen molar-refractivity contribution >= 4 is 22.4 Å². The highest BCUT2D eigenvalue weighted by molar-refractivity contribution is 6.02. The van der Waals surface area contributed by atoms with Gasteiger partial charge in [0.25, 0.3) is 0 Å². The molecule has 122 valence electrons. The predicted octanol–water partition coefficient (Wildman–Crippen LogP) is 3.60. The van der Waals surface area contributed by atoms with Gasteiger partial charge in [-0.3, -0.25) is 9.78 Å². The van der Waals surface area contributed by atoms with E-state index in [1.54, 1.807) is 23.3 Å². The van der Waals surface area contributed by atoms with Gasteiger partial charge in [-0.15, -0.1) is 0 Å². The Hall–Kier alpha value is -3.47. The summed E-state index contributed by atoms with van der Waals surface area (Å²) in [7, 11) is 0. The molecule has 0 saturated carbocycles. The quantitative estimate of drug-likeness (QED) is 0.622. The van der Waals surface area contributed by atoms with Crippen LogP contribution in [0, 0.1) is 0 Å². The topological polar surface area (TPSA) is 59.8 Å². The van der Waals surface area contributed by atoms with Gasteiger partial charge in [0.05, 0.1) is 12.1 Å². The third-order valence-corrected chi connectivity index (χ3v) is 4.02. The van der Waals surface area contributed by atoms with Gasteiger partial charge in [0, 0.05) is 41.2 Å². The molecule has 5 heteroatoms. The molecule has 1 N–H and O–H groups in total. The Bertz CT molecular complexity index is 1000. The van der Waals surface area contributed by atoms with Crippen LogP contribution in [0.15, 0.2) is 79.4 Å². The van der Waals surface area contributed by atoms with Gasteiger partial charge < -0.3 is 5.32 Å². The SMILES string of the molecule is O=C(Cc1ccc(-n2cccn2)cc1)Nc1cccc2cnccc12. The van der Waals surface area contributed by atoms with Gasteiger partial charge in [-0.1, -0.05) is 24.3 Å². The van der Waals surface area contributed by atoms with Gasteiger partial charge in [-0.2, -0.15) is 5.10 Å². The van der Waals surface area contributed by atoms with Gasteiger partial charge in [0.15, 0.2) is 0 Å². The molecule has 0 atom stereocenters. The van der Waals surface area contributed by atoms with Crippen molar-refractivity contribution in [1.29, 1.82) is 0 Å². The Labute approximate surface area is 144 Å². The smallest absolute Gasteiger partial charge is 0.228 e. The lowest BCUT2D eigenvalue weighted by Gasteiger charge is -2.09. The fourth-order valence-electron chi connectivity index (χ4n) is 2.80. The number of nitrogens with one attached hydrogen (secondary N) is 1. The van der Waals surface area contributed by atoms with Gasteiger partial charge in [-0.25, -0.2) is 4.68 Å². The number of hydrogen-bond donors (Lipinski definition) is 1. The van der Waals surface area contributed by atoms with Crippen molar-refractivity contribution in [3.8, 4) is 5.69 Å². The summed E-state index contributed by atoms with van der Waals surface area (Å²) < 4.78 is 1.79. The molecule has 2 aromatic carbocycles. The Morgan fingerprint density at radius 1 is 1.00 bits per heavy atom. The van der Waals surface area contributed by atoms with Crippen LogP contribution >= 0.6 is 0 Å². The molecule has 0 aliphatic carbocycles. The molecular weight excluding hydrogens is 312 g/mol. The maximum absolute atomic E-state index is 12.4. The zero-order valence-corrected chi connectivity index (χ0v) is 13.5. The lowest BCUT2D eigenvalue weighted by molar-refractivity contribution is -0.115. The first-order valence-electron chi connectivity index (χ1n) is 8.01. The Morgan fingerprint density at radius 3 is 2.68 bits per heavy atom. The molecule has 0 aliphatic rings. The number of pyridine rings is 1. The van der Waals surface area contributed by atoms with Crippen molar-refractivity contribution in [3.05, 3.63) is 84.9 Å². The van der Waals surface area contributed by atoms with Gasteiger partial charge >= 0.3 is 0 Å². The predicted molar refractivity (Wildman–Crippen MR) is 97.6 cm³/mol. The van der Waals surface area contributed by atoms with Crippen LogP contribution < -0.4 is 5.32 Å². The number of carbonyl (C=O) groups excluding carboxylic acids is 1. The van der Waals surface area contributed by atoms with Crippen LogP contribution in [-0.4, -0.2) is 20.7 Å². The monoisotopic (exact) mass is 328 g/mol. The van der Waals surface area contributed by atoms with Crippen LogP contribution in [-0.2, 0) is 11.2 Å². The molecule has 0 unspecified atom stereocenters. The van der Waals surface area contributed by atoms with Crippen molar-refractivity contribution in [1.82, 2.24) is 14.8 Å². The molecule has 0 bridgehead atoms. The molecule has 0 saturated heterocycles. The number of carbonyl (C=O) groups is 1. The Balaban J connectivity index is 1.48. The summed E-state index contributed by atoms with van der Waals surface area (Å²) in [6.07, 6.45) is 7.46. The molecule has 0 radical (unpaired) electrons. The van der Waals surface area contributed by atoms with E-state index in [1.165, 1.54) is 0 Å². The zero-order valence-electron chi connectivity index (χ0n) is 13.5. The van der Waals surface area contributed by atoms with E-state index in [4.69, 9.17) is 0 Å². The number of hydrogen-bond acceptors (Lipinski definition) is 3. The van der Waals surface area contributed by atoms with E-state index in [0.717, 1.165) is 27.7 Å². The molecule has 2 aromatic heterocycles. The van der Waals surface area contributed by atoms with Crippen LogP contribution in [0.1, 0.15) is 5.56 Å². The molecule has 25 heavy (non-hydrogen) atoms. The molecule has 0 aliphatic heterocycles. The summed E-state index contributed by atoms with van der Waals surface area (Å²) in [5.74, 6) is -0.0452. The van der Waals surface area contributed by atoms with Crippen molar-refractivity contribution in [2.75, 3.05) is 5.32 Å². The molecule has 0 fully saturated rings. The minimum atomic E-state index is -0.0452. The number of aromatic nitrogens is 3. The van der Waals surface area contributed by atoms with E-state index in [9.17, 15) is 4.79 Å². The highest BCUT2D eigenvalue weighted by atomic mass is 16.1. The van der Waals surface area contributed by atoms with Crippen LogP contribution in [0.3, 0.4) is 0 Å². The average Bonchev–Trinajstić information content (AvgIpc) is 3.17. The maximum Gasteiger partial charge on any atom is 0.228 e. The Morgan fingerprint density at radius 2 is 1.88 bits per heavy atom. The summed E-state index contributed by atoms with van der Waals surface area (Å²) in [5, 5.41) is 9.18. The normalized spacial score (nSPS) is 10.7. The van der Waals surface area contributed by atoms with Gasteiger partial charge in [-0.05, 0) is 35.9 Å². The zero-order chi connectivity index (χ0) is 17.1. The van der Waals surface area contributed by atoms with Crippen LogP contribution in [0.25, 0.3) is 16.5 Å². The summed E-state index contributed by atoms with van der Waals surface area (Å²) in [4.78, 5) is 16.5. The number of anilines is 1. The van der Waals surface area contributed by atoms with Crippen molar-refractivity contribution in [2.45, 2.75) is 6.42 Å². The second-order valence-corrected chi connectivity index (χ2v) is 5.74. The summed E-state index contributed by atoms with van der Waals surface area (Å²) >= 11 is 0. The number of fused-ring (bicyclic) bond motifs is 1. The minimum absolute atomic E-state index is 0.0452. The first kappa shape index (κ1) is 15.1. The number of nitrogens with zero attached hydrogens (tertiary/aromatic N) is 3. The average molecular weight is 328 g/mol. The van der Waals surface area contributed by atoms with Crippen molar-refractivity contribution < 1.29 is 4.79 Å². The standard InChI is InChI=1S/C20H16N4O/c25-20(23-19-4-1-3-16-14-21-11-9-18(16)19)13-15-5-7-17(8-6-15)24-12-2-10-22-24/h1-12,14H,13H2,(H,23,25). The van der Waals surface area contributed by atoms with Gasteiger partial charge in [0.2, 0.25) is 5.91 Å². The molecule has 4 aromatic rings. The molecule has 5 nitrogen and oxygen atoms in total. The first-order valence-corrected chi connectivity index (χ1v) is 8.01. The summed E-state index contributed by atoms with van der Waals surface area (Å²) in [6.45, 7) is 0. The Kier molecular flexibility index (Phi) is 3.96. The van der Waals surface area contributed by atoms with Crippen molar-refractivity contribution in [3.63, 3.8) is 0 Å². The lowest BCUT2D eigenvalue weighted by atomic mass is 10.1. The van der Waals surface area contributed by atoms with Crippen LogP contribution in [0.4, 0.5) is 5.69 Å². The fraction of sp³-hybridized carbons (Fsp3) is 0.0500. The second kappa shape index (κ2) is 6.57. The van der Waals surface area contributed by atoms with E-state index in [0.29, 0.717) is 6.42 Å². The minimum Gasteiger partial charge on any atom is -0.325 e. The summed E-state index contributed by atoms with van der Waals surface area (Å²) in [5.41, 5.74) is 2.73. The molecule has 0 spiro atoms. The largest absolute Gasteiger partial charge is 0.325 e. The third-order valence-electron chi connectivity index (χ3n) is 4.02. The number of rotatable bonds is 4. The van der Waals surface area contributed by atoms with E-state index >= 15 is 0 Å². The van der Waals surface area contributed by atoms with Gasteiger partial charge in [0.1, 0.15) is 0 Å². The molecular formula is C20H16N4O. The molecule has 4 rings (SSSR count). The number of amides is 1. The highest BCUT2D eigenvalue weighted by Gasteiger charge is 2.07.